The van der Waals surface area contributed by atoms with E-state index in [0.717, 1.165) is 47.8 Å². The molecule has 166 valence electrons. The lowest BCUT2D eigenvalue weighted by Crippen LogP contribution is -2.35. The monoisotopic (exact) mass is 469 g/mol. The number of carbonyl (C=O) groups excluding carboxylic acids is 1. The number of halogens is 2. The molecule has 1 heterocycles. The summed E-state index contributed by atoms with van der Waals surface area (Å²) in [4.78, 5) is 17.9. The third-order valence-electron chi connectivity index (χ3n) is 5.58. The SMILES string of the molecule is Cc1cc(-c2ccccc2)cc(C(=O)NNSC2CCN(Cc3ccccc3Cl)C2)c1F. The molecule has 1 aliphatic rings. The largest absolute Gasteiger partial charge is 0.298 e. The molecular formula is C25H25ClFN3OS. The Hall–Kier alpha value is -2.38. The van der Waals surface area contributed by atoms with Gasteiger partial charge in [0.15, 0.2) is 0 Å². The van der Waals surface area contributed by atoms with E-state index >= 15 is 0 Å². The number of carbonyl (C=O) groups is 1. The maximum absolute atomic E-state index is 14.7. The zero-order chi connectivity index (χ0) is 22.5. The van der Waals surface area contributed by atoms with Crippen molar-refractivity contribution < 1.29 is 9.18 Å². The summed E-state index contributed by atoms with van der Waals surface area (Å²) in [5.41, 5.74) is 5.98. The van der Waals surface area contributed by atoms with Crippen LogP contribution in [0.5, 0.6) is 0 Å². The minimum Gasteiger partial charge on any atom is -0.298 e. The third kappa shape index (κ3) is 5.51. The van der Waals surface area contributed by atoms with E-state index in [-0.39, 0.29) is 5.56 Å². The van der Waals surface area contributed by atoms with Gasteiger partial charge in [0.25, 0.3) is 5.91 Å². The molecule has 1 amide bonds. The molecule has 4 rings (SSSR count). The van der Waals surface area contributed by atoms with Crippen LogP contribution in [0.15, 0.2) is 66.7 Å². The van der Waals surface area contributed by atoms with Crippen molar-refractivity contribution in [3.63, 3.8) is 0 Å². The highest BCUT2D eigenvalue weighted by atomic mass is 35.5. The minimum absolute atomic E-state index is 0.0312. The van der Waals surface area contributed by atoms with Gasteiger partial charge in [0.2, 0.25) is 0 Å². The average molecular weight is 470 g/mol. The Kier molecular flexibility index (Phi) is 7.48. The molecule has 0 bridgehead atoms. The van der Waals surface area contributed by atoms with Crippen LogP contribution < -0.4 is 10.3 Å². The van der Waals surface area contributed by atoms with Gasteiger partial charge in [-0.15, -0.1) is 0 Å². The highest BCUT2D eigenvalue weighted by Crippen LogP contribution is 2.26. The molecular weight excluding hydrogens is 445 g/mol. The number of rotatable bonds is 7. The van der Waals surface area contributed by atoms with Crippen LogP contribution in [0, 0.1) is 12.7 Å². The number of likely N-dealkylation sites (tertiary alicyclic amines) is 1. The van der Waals surface area contributed by atoms with Crippen LogP contribution in [0.1, 0.15) is 27.9 Å². The van der Waals surface area contributed by atoms with Crippen molar-refractivity contribution in [2.24, 2.45) is 0 Å². The molecule has 7 heteroatoms. The fraction of sp³-hybridized carbons (Fsp3) is 0.240. The number of aryl methyl sites for hydroxylation is 1. The lowest BCUT2D eigenvalue weighted by atomic mass is 9.99. The topological polar surface area (TPSA) is 44.4 Å². The first-order valence-electron chi connectivity index (χ1n) is 10.5. The summed E-state index contributed by atoms with van der Waals surface area (Å²) < 4.78 is 14.7. The molecule has 4 nitrogen and oxygen atoms in total. The predicted molar refractivity (Wildman–Crippen MR) is 130 cm³/mol. The highest BCUT2D eigenvalue weighted by molar-refractivity contribution is 7.98. The van der Waals surface area contributed by atoms with Gasteiger partial charge in [0.1, 0.15) is 5.82 Å². The molecule has 0 radical (unpaired) electrons. The first kappa shape index (κ1) is 22.8. The first-order valence-corrected chi connectivity index (χ1v) is 11.8. The van der Waals surface area contributed by atoms with Gasteiger partial charge >= 0.3 is 0 Å². The van der Waals surface area contributed by atoms with Crippen molar-refractivity contribution >= 4 is 29.5 Å². The van der Waals surface area contributed by atoms with Crippen LogP contribution in [0.25, 0.3) is 11.1 Å². The first-order chi connectivity index (χ1) is 15.5. The maximum Gasteiger partial charge on any atom is 0.269 e. The fourth-order valence-corrected chi connectivity index (χ4v) is 4.89. The summed E-state index contributed by atoms with van der Waals surface area (Å²) >= 11 is 7.72. The molecule has 1 fully saturated rings. The maximum atomic E-state index is 14.7. The number of hydrogen-bond acceptors (Lipinski definition) is 4. The van der Waals surface area contributed by atoms with E-state index in [9.17, 15) is 9.18 Å². The van der Waals surface area contributed by atoms with Gasteiger partial charge < -0.3 is 0 Å². The molecule has 0 aliphatic carbocycles. The van der Waals surface area contributed by atoms with Crippen molar-refractivity contribution in [3.05, 3.63) is 94.3 Å². The van der Waals surface area contributed by atoms with Crippen molar-refractivity contribution in [1.29, 1.82) is 0 Å². The van der Waals surface area contributed by atoms with E-state index in [4.69, 9.17) is 11.6 Å². The molecule has 1 aliphatic heterocycles. The zero-order valence-electron chi connectivity index (χ0n) is 17.8. The number of amides is 1. The van der Waals surface area contributed by atoms with E-state index in [0.29, 0.717) is 10.8 Å². The molecule has 1 atom stereocenters. The lowest BCUT2D eigenvalue weighted by molar-refractivity contribution is 0.0943. The zero-order valence-corrected chi connectivity index (χ0v) is 19.3. The Bertz CT molecular complexity index is 1100. The second-order valence-corrected chi connectivity index (χ2v) is 9.45. The summed E-state index contributed by atoms with van der Waals surface area (Å²) in [6.07, 6.45) is 0.995. The smallest absolute Gasteiger partial charge is 0.269 e. The molecule has 3 aromatic rings. The van der Waals surface area contributed by atoms with E-state index in [1.165, 1.54) is 11.9 Å². The molecule has 1 saturated heterocycles. The van der Waals surface area contributed by atoms with Crippen molar-refractivity contribution in [2.45, 2.75) is 25.1 Å². The van der Waals surface area contributed by atoms with E-state index in [1.807, 2.05) is 54.6 Å². The van der Waals surface area contributed by atoms with Crippen molar-refractivity contribution in [2.75, 3.05) is 13.1 Å². The normalized spacial score (nSPS) is 16.3. The minimum atomic E-state index is -0.499. The van der Waals surface area contributed by atoms with Crippen LogP contribution in [0.2, 0.25) is 5.02 Å². The molecule has 0 saturated carbocycles. The van der Waals surface area contributed by atoms with Crippen LogP contribution in [0.4, 0.5) is 4.39 Å². The summed E-state index contributed by atoms with van der Waals surface area (Å²) in [6, 6.07) is 20.9. The Morgan fingerprint density at radius 1 is 1.12 bits per heavy atom. The second-order valence-electron chi connectivity index (χ2n) is 7.93. The molecule has 3 aromatic carbocycles. The quantitative estimate of drug-likeness (QED) is 0.348. The van der Waals surface area contributed by atoms with Gasteiger partial charge in [-0.2, -0.15) is 4.83 Å². The summed E-state index contributed by atoms with van der Waals surface area (Å²) in [7, 11) is 0. The van der Waals surface area contributed by atoms with Crippen LogP contribution in [0.3, 0.4) is 0 Å². The van der Waals surface area contributed by atoms with E-state index in [2.05, 4.69) is 15.2 Å². The molecule has 2 N–H and O–H groups in total. The van der Waals surface area contributed by atoms with E-state index in [1.54, 1.807) is 19.1 Å². The van der Waals surface area contributed by atoms with Crippen molar-refractivity contribution in [1.82, 2.24) is 15.2 Å². The third-order valence-corrected chi connectivity index (χ3v) is 6.88. The number of hydrogen-bond donors (Lipinski definition) is 2. The van der Waals surface area contributed by atoms with Crippen LogP contribution in [-0.2, 0) is 6.54 Å². The van der Waals surface area contributed by atoms with Crippen LogP contribution in [-0.4, -0.2) is 29.1 Å². The van der Waals surface area contributed by atoms with Gasteiger partial charge in [-0.3, -0.25) is 15.1 Å². The van der Waals surface area contributed by atoms with Crippen LogP contribution >= 0.6 is 23.5 Å². The van der Waals surface area contributed by atoms with Gasteiger partial charge in [0.05, 0.1) is 5.56 Å². The number of nitrogens with one attached hydrogen (secondary N) is 2. The molecule has 1 unspecified atom stereocenters. The Morgan fingerprint density at radius 2 is 1.88 bits per heavy atom. The van der Waals surface area contributed by atoms with E-state index < -0.39 is 11.7 Å². The van der Waals surface area contributed by atoms with Crippen molar-refractivity contribution in [3.8, 4) is 11.1 Å². The summed E-state index contributed by atoms with van der Waals surface area (Å²) in [5, 5.41) is 1.10. The predicted octanol–water partition coefficient (Wildman–Crippen LogP) is 5.61. The molecule has 0 aromatic heterocycles. The Labute approximate surface area is 197 Å². The highest BCUT2D eigenvalue weighted by Gasteiger charge is 2.24. The number of nitrogens with zero attached hydrogens (tertiary/aromatic N) is 1. The summed E-state index contributed by atoms with van der Waals surface area (Å²) in [6.45, 7) is 4.33. The summed E-state index contributed by atoms with van der Waals surface area (Å²) in [5.74, 6) is -0.984. The average Bonchev–Trinajstić information content (AvgIpc) is 3.25. The fourth-order valence-electron chi connectivity index (χ4n) is 3.86. The second kappa shape index (κ2) is 10.5. The van der Waals surface area contributed by atoms with Gasteiger partial charge in [-0.05, 0) is 60.3 Å². The van der Waals surface area contributed by atoms with Gasteiger partial charge in [-0.1, -0.05) is 72.1 Å². The lowest BCUT2D eigenvalue weighted by Gasteiger charge is -2.17. The van der Waals surface area contributed by atoms with Gasteiger partial charge in [-0.25, -0.2) is 4.39 Å². The number of hydrazine groups is 1. The number of benzene rings is 3. The molecule has 32 heavy (non-hydrogen) atoms. The Morgan fingerprint density at radius 3 is 2.66 bits per heavy atom. The Balaban J connectivity index is 1.32. The van der Waals surface area contributed by atoms with Gasteiger partial charge in [0, 0.05) is 23.4 Å². The standard InChI is InChI=1S/C25H25ClFN3OS/c1-17-13-20(18-7-3-2-4-8-18)14-22(24(17)27)25(31)28-29-32-21-11-12-30(16-21)15-19-9-5-6-10-23(19)26/h2-10,13-14,21,29H,11-12,15-16H2,1H3,(H,28,31). The molecule has 0 spiro atoms.